The summed E-state index contributed by atoms with van der Waals surface area (Å²) in [7, 11) is -1.53. The standard InChI is InChI=1S/C28H35N4O3SSi/c1-19(2)31(17-24(29)33)25(34)23-18-36-27(30-23)32-16-22(28(3,4)5)26(32)35-37(20-12-8-6-9-13-20)21-14-10-7-11-15-21/h6-15,18-19,22,26H,16-17H2,1-5H3,(H2,29,33). The van der Waals surface area contributed by atoms with Gasteiger partial charge in [0.15, 0.2) is 5.13 Å². The van der Waals surface area contributed by atoms with Gasteiger partial charge in [-0.2, -0.15) is 0 Å². The van der Waals surface area contributed by atoms with Gasteiger partial charge >= 0.3 is 0 Å². The van der Waals surface area contributed by atoms with E-state index in [-0.39, 0.29) is 30.1 Å². The van der Waals surface area contributed by atoms with E-state index in [0.717, 1.165) is 11.7 Å². The van der Waals surface area contributed by atoms with Crippen molar-refractivity contribution in [2.24, 2.45) is 17.1 Å². The fourth-order valence-corrected chi connectivity index (χ4v) is 7.38. The van der Waals surface area contributed by atoms with Crippen molar-refractivity contribution in [2.75, 3.05) is 18.0 Å². The van der Waals surface area contributed by atoms with Crippen LogP contribution in [0.15, 0.2) is 66.0 Å². The summed E-state index contributed by atoms with van der Waals surface area (Å²) in [4.78, 5) is 33.0. The highest BCUT2D eigenvalue weighted by molar-refractivity contribution is 7.14. The second-order valence-corrected chi connectivity index (χ2v) is 13.6. The topological polar surface area (TPSA) is 88.8 Å². The van der Waals surface area contributed by atoms with E-state index < -0.39 is 14.9 Å². The summed E-state index contributed by atoms with van der Waals surface area (Å²) in [6.07, 6.45) is -0.171. The molecule has 4 rings (SSSR count). The van der Waals surface area contributed by atoms with Crippen LogP contribution < -0.4 is 21.0 Å². The SMILES string of the molecule is CC(C)N(CC(N)=O)C(=O)c1csc(N2CC(C(C)(C)C)C2O[Si](c2ccccc2)c2ccccc2)n1. The van der Waals surface area contributed by atoms with E-state index in [9.17, 15) is 9.59 Å². The van der Waals surface area contributed by atoms with Crippen LogP contribution in [-0.4, -0.2) is 56.1 Å². The number of nitrogens with zero attached hydrogens (tertiary/aromatic N) is 3. The molecule has 1 aliphatic heterocycles. The smallest absolute Gasteiger partial charge is 0.285 e. The molecule has 195 valence electrons. The van der Waals surface area contributed by atoms with Gasteiger partial charge in [0.1, 0.15) is 11.9 Å². The van der Waals surface area contributed by atoms with Gasteiger partial charge in [0.05, 0.1) is 6.54 Å². The van der Waals surface area contributed by atoms with Crippen LogP contribution >= 0.6 is 11.3 Å². The molecular formula is C28H35N4O3SSi. The molecular weight excluding hydrogens is 500 g/mol. The van der Waals surface area contributed by atoms with Crippen LogP contribution in [0.1, 0.15) is 45.1 Å². The predicted molar refractivity (Wildman–Crippen MR) is 151 cm³/mol. The zero-order chi connectivity index (χ0) is 26.7. The van der Waals surface area contributed by atoms with Crippen molar-refractivity contribution in [1.82, 2.24) is 9.88 Å². The number of nitrogens with two attached hydrogens (primary N) is 1. The van der Waals surface area contributed by atoms with Gasteiger partial charge in [-0.15, -0.1) is 11.3 Å². The van der Waals surface area contributed by atoms with E-state index in [1.807, 2.05) is 26.0 Å². The molecule has 2 unspecified atom stereocenters. The minimum absolute atomic E-state index is 0.0351. The molecule has 1 fully saturated rings. The number of hydrogen-bond donors (Lipinski definition) is 1. The monoisotopic (exact) mass is 535 g/mol. The summed E-state index contributed by atoms with van der Waals surface area (Å²) >= 11 is 1.43. The Kier molecular flexibility index (Phi) is 8.16. The summed E-state index contributed by atoms with van der Waals surface area (Å²) in [5.41, 5.74) is 5.73. The number of aromatic nitrogens is 1. The average molecular weight is 536 g/mol. The van der Waals surface area contributed by atoms with E-state index in [1.165, 1.54) is 26.6 Å². The second-order valence-electron chi connectivity index (χ2n) is 10.7. The minimum Gasteiger partial charge on any atom is -0.387 e. The third kappa shape index (κ3) is 6.11. The first-order chi connectivity index (χ1) is 17.6. The maximum Gasteiger partial charge on any atom is 0.285 e. The molecule has 3 aromatic rings. The summed E-state index contributed by atoms with van der Waals surface area (Å²) in [5, 5.41) is 4.88. The van der Waals surface area contributed by atoms with Crippen molar-refractivity contribution in [3.63, 3.8) is 0 Å². The maximum absolute atomic E-state index is 13.1. The van der Waals surface area contributed by atoms with Gasteiger partial charge in [-0.25, -0.2) is 4.98 Å². The van der Waals surface area contributed by atoms with E-state index in [2.05, 4.69) is 74.2 Å². The number of hydrogen-bond acceptors (Lipinski definition) is 6. The largest absolute Gasteiger partial charge is 0.387 e. The lowest BCUT2D eigenvalue weighted by molar-refractivity contribution is -0.119. The Hall–Kier alpha value is -3.01. The number of amides is 2. The van der Waals surface area contributed by atoms with E-state index in [4.69, 9.17) is 15.1 Å². The Morgan fingerprint density at radius 3 is 2.16 bits per heavy atom. The number of anilines is 1. The Morgan fingerprint density at radius 1 is 1.11 bits per heavy atom. The highest BCUT2D eigenvalue weighted by Gasteiger charge is 2.49. The average Bonchev–Trinajstić information content (AvgIpc) is 3.31. The van der Waals surface area contributed by atoms with Crippen molar-refractivity contribution in [3.05, 3.63) is 71.7 Å². The molecule has 0 spiro atoms. The molecule has 0 saturated carbocycles. The molecule has 2 N–H and O–H groups in total. The van der Waals surface area contributed by atoms with Crippen LogP contribution in [0, 0.1) is 11.3 Å². The fourth-order valence-electron chi connectivity index (χ4n) is 4.42. The minimum atomic E-state index is -1.53. The van der Waals surface area contributed by atoms with Crippen LogP contribution in [0.5, 0.6) is 0 Å². The van der Waals surface area contributed by atoms with Crippen LogP contribution in [0.3, 0.4) is 0 Å². The molecule has 2 aromatic carbocycles. The number of benzene rings is 2. The zero-order valence-electron chi connectivity index (χ0n) is 22.0. The first-order valence-corrected chi connectivity index (χ1v) is 14.8. The van der Waals surface area contributed by atoms with Crippen molar-refractivity contribution in [1.29, 1.82) is 0 Å². The third-order valence-corrected chi connectivity index (χ3v) is 9.71. The first kappa shape index (κ1) is 27.0. The lowest BCUT2D eigenvalue weighted by atomic mass is 9.74. The quantitative estimate of drug-likeness (QED) is 0.426. The zero-order valence-corrected chi connectivity index (χ0v) is 23.9. The molecule has 1 saturated heterocycles. The molecule has 7 nitrogen and oxygen atoms in total. The van der Waals surface area contributed by atoms with Crippen molar-refractivity contribution >= 4 is 47.7 Å². The number of thiazole rings is 1. The van der Waals surface area contributed by atoms with Crippen LogP contribution in [-0.2, 0) is 9.22 Å². The summed E-state index contributed by atoms with van der Waals surface area (Å²) in [6.45, 7) is 11.1. The van der Waals surface area contributed by atoms with Gasteiger partial charge < -0.3 is 20.0 Å². The molecule has 2 amide bonds. The first-order valence-electron chi connectivity index (χ1n) is 12.5. The lowest BCUT2D eigenvalue weighted by Crippen LogP contribution is -2.65. The molecule has 9 heteroatoms. The Morgan fingerprint density at radius 2 is 1.68 bits per heavy atom. The Balaban J connectivity index is 1.63. The molecule has 0 aliphatic carbocycles. The fraction of sp³-hybridized carbons (Fsp3) is 0.393. The van der Waals surface area contributed by atoms with Gasteiger partial charge in [-0.3, -0.25) is 9.59 Å². The Bertz CT molecular complexity index is 1170. The van der Waals surface area contributed by atoms with Crippen molar-refractivity contribution in [2.45, 2.75) is 46.9 Å². The van der Waals surface area contributed by atoms with Crippen molar-refractivity contribution < 1.29 is 14.0 Å². The van der Waals surface area contributed by atoms with Gasteiger partial charge in [-0.1, -0.05) is 81.4 Å². The van der Waals surface area contributed by atoms with Gasteiger partial charge in [0.2, 0.25) is 5.91 Å². The molecule has 2 atom stereocenters. The molecule has 2 heterocycles. The molecule has 1 aromatic heterocycles. The normalized spacial score (nSPS) is 17.6. The van der Waals surface area contributed by atoms with Gasteiger partial charge in [-0.05, 0) is 29.6 Å². The van der Waals surface area contributed by atoms with Crippen LogP contribution in [0.4, 0.5) is 5.13 Å². The van der Waals surface area contributed by atoms with E-state index in [1.54, 1.807) is 5.38 Å². The van der Waals surface area contributed by atoms with Crippen molar-refractivity contribution in [3.8, 4) is 0 Å². The third-order valence-electron chi connectivity index (χ3n) is 6.63. The van der Waals surface area contributed by atoms with Crippen LogP contribution in [0.25, 0.3) is 0 Å². The molecule has 1 radical (unpaired) electrons. The van der Waals surface area contributed by atoms with Gasteiger partial charge in [0, 0.05) is 23.9 Å². The number of carbonyl (C=O) groups excluding carboxylic acids is 2. The molecule has 0 bridgehead atoms. The van der Waals surface area contributed by atoms with Crippen LogP contribution in [0.2, 0.25) is 0 Å². The predicted octanol–water partition coefficient (Wildman–Crippen LogP) is 3.11. The Labute approximate surface area is 225 Å². The van der Waals surface area contributed by atoms with E-state index in [0.29, 0.717) is 11.6 Å². The number of rotatable bonds is 9. The highest BCUT2D eigenvalue weighted by atomic mass is 32.1. The lowest BCUT2D eigenvalue weighted by Gasteiger charge is -2.53. The number of primary amides is 1. The second kappa shape index (κ2) is 11.2. The summed E-state index contributed by atoms with van der Waals surface area (Å²) < 4.78 is 7.01. The highest BCUT2D eigenvalue weighted by Crippen LogP contribution is 2.43. The molecule has 37 heavy (non-hydrogen) atoms. The summed E-state index contributed by atoms with van der Waals surface area (Å²) in [6, 6.07) is 20.6. The maximum atomic E-state index is 13.1. The number of carbonyl (C=O) groups is 2. The van der Waals surface area contributed by atoms with Gasteiger partial charge in [0.25, 0.3) is 14.9 Å². The molecule has 1 aliphatic rings. The van der Waals surface area contributed by atoms with E-state index >= 15 is 0 Å². The summed E-state index contributed by atoms with van der Waals surface area (Å²) in [5.74, 6) is -0.539.